The maximum atomic E-state index is 5.13. The Hall–Kier alpha value is -0.850. The molecule has 0 fully saturated rings. The van der Waals surface area contributed by atoms with Crippen LogP contribution in [0.1, 0.15) is 36.7 Å². The zero-order valence-electron chi connectivity index (χ0n) is 10.3. The van der Waals surface area contributed by atoms with E-state index >= 15 is 0 Å². The Labute approximate surface area is 114 Å². The summed E-state index contributed by atoms with van der Waals surface area (Å²) in [5, 5.41) is 10.1. The lowest BCUT2D eigenvalue weighted by atomic mass is 10.1. The third-order valence-corrected chi connectivity index (χ3v) is 5.32. The van der Waals surface area contributed by atoms with Gasteiger partial charge in [0, 0.05) is 11.3 Å². The molecule has 0 amide bonds. The van der Waals surface area contributed by atoms with Crippen LogP contribution >= 0.6 is 23.1 Å². The highest BCUT2D eigenvalue weighted by atomic mass is 32.2. The van der Waals surface area contributed by atoms with Crippen molar-refractivity contribution < 1.29 is 4.52 Å². The predicted molar refractivity (Wildman–Crippen MR) is 72.9 cm³/mol. The van der Waals surface area contributed by atoms with Gasteiger partial charge < -0.3 is 9.84 Å². The van der Waals surface area contributed by atoms with E-state index in [1.165, 1.54) is 9.77 Å². The lowest BCUT2D eigenvalue weighted by Crippen LogP contribution is -2.26. The molecule has 2 atom stereocenters. The van der Waals surface area contributed by atoms with Crippen LogP contribution < -0.4 is 5.32 Å². The quantitative estimate of drug-likeness (QED) is 0.936. The highest BCUT2D eigenvalue weighted by molar-refractivity contribution is 8.01. The molecular weight excluding hydrogens is 266 g/mol. The second-order valence-corrected chi connectivity index (χ2v) is 7.12. The van der Waals surface area contributed by atoms with E-state index < -0.39 is 0 Å². The number of aryl methyl sites for hydroxylation is 1. The molecule has 2 aromatic rings. The second kappa shape index (κ2) is 5.03. The Morgan fingerprint density at radius 3 is 3.22 bits per heavy atom. The molecule has 1 aliphatic rings. The number of rotatable bonds is 3. The van der Waals surface area contributed by atoms with Crippen LogP contribution in [0, 0.1) is 6.92 Å². The summed E-state index contributed by atoms with van der Waals surface area (Å²) in [6, 6.07) is 2.62. The average Bonchev–Trinajstić information content (AvgIpc) is 2.94. The number of aromatic nitrogens is 2. The van der Waals surface area contributed by atoms with E-state index in [4.69, 9.17) is 4.52 Å². The summed E-state index contributed by atoms with van der Waals surface area (Å²) in [7, 11) is 0. The molecule has 0 spiro atoms. The first-order chi connectivity index (χ1) is 8.72. The highest BCUT2D eigenvalue weighted by Crippen LogP contribution is 2.43. The van der Waals surface area contributed by atoms with Crippen LogP contribution in [0.2, 0.25) is 0 Å². The highest BCUT2D eigenvalue weighted by Gasteiger charge is 2.26. The third-order valence-electron chi connectivity index (χ3n) is 2.98. The average molecular weight is 281 g/mol. The predicted octanol–water partition coefficient (Wildman–Crippen LogP) is 3.15. The number of nitrogens with zero attached hydrogens (tertiary/aromatic N) is 2. The molecule has 0 bridgehead atoms. The van der Waals surface area contributed by atoms with Crippen molar-refractivity contribution in [3.63, 3.8) is 0 Å². The van der Waals surface area contributed by atoms with Crippen molar-refractivity contribution in [1.29, 1.82) is 0 Å². The van der Waals surface area contributed by atoms with Crippen molar-refractivity contribution in [2.24, 2.45) is 0 Å². The molecule has 3 rings (SSSR count). The number of fused-ring (bicyclic) bond motifs is 1. The first kappa shape index (κ1) is 12.2. The molecule has 0 aliphatic carbocycles. The Balaban J connectivity index is 1.70. The van der Waals surface area contributed by atoms with Gasteiger partial charge in [-0.15, -0.1) is 23.1 Å². The lowest BCUT2D eigenvalue weighted by molar-refractivity contribution is 0.350. The maximum Gasteiger partial charge on any atom is 0.240 e. The van der Waals surface area contributed by atoms with E-state index in [0.717, 1.165) is 6.42 Å². The molecule has 2 aromatic heterocycles. The summed E-state index contributed by atoms with van der Waals surface area (Å²) in [5.74, 6) is 1.35. The van der Waals surface area contributed by atoms with E-state index in [-0.39, 0.29) is 0 Å². The summed E-state index contributed by atoms with van der Waals surface area (Å²) < 4.78 is 6.56. The van der Waals surface area contributed by atoms with E-state index in [2.05, 4.69) is 33.8 Å². The minimum Gasteiger partial charge on any atom is -0.338 e. The van der Waals surface area contributed by atoms with Gasteiger partial charge in [-0.1, -0.05) is 12.1 Å². The van der Waals surface area contributed by atoms with Crippen LogP contribution in [0.3, 0.4) is 0 Å². The third kappa shape index (κ3) is 2.46. The van der Waals surface area contributed by atoms with Gasteiger partial charge in [-0.05, 0) is 30.4 Å². The van der Waals surface area contributed by atoms with Crippen LogP contribution in [0.5, 0.6) is 0 Å². The van der Waals surface area contributed by atoms with Crippen molar-refractivity contribution in [2.75, 3.05) is 0 Å². The van der Waals surface area contributed by atoms with E-state index in [1.807, 2.05) is 30.0 Å². The molecule has 0 radical (unpaired) electrons. The van der Waals surface area contributed by atoms with Gasteiger partial charge in [0.25, 0.3) is 0 Å². The Morgan fingerprint density at radius 1 is 1.56 bits per heavy atom. The zero-order valence-corrected chi connectivity index (χ0v) is 12.0. The maximum absolute atomic E-state index is 5.13. The normalized spacial score (nSPS) is 23.0. The van der Waals surface area contributed by atoms with Crippen LogP contribution in [0.25, 0.3) is 0 Å². The number of hydrogen-bond acceptors (Lipinski definition) is 6. The van der Waals surface area contributed by atoms with Crippen molar-refractivity contribution >= 4 is 23.1 Å². The topological polar surface area (TPSA) is 51.0 Å². The van der Waals surface area contributed by atoms with Gasteiger partial charge >= 0.3 is 0 Å². The summed E-state index contributed by atoms with van der Waals surface area (Å²) >= 11 is 3.81. The summed E-state index contributed by atoms with van der Waals surface area (Å²) in [6.45, 7) is 4.75. The largest absolute Gasteiger partial charge is 0.338 e. The van der Waals surface area contributed by atoms with Gasteiger partial charge in [0.2, 0.25) is 5.89 Å². The monoisotopic (exact) mass is 281 g/mol. The fourth-order valence-corrected chi connectivity index (χ4v) is 4.73. The van der Waals surface area contributed by atoms with E-state index in [0.29, 0.717) is 29.6 Å². The molecule has 18 heavy (non-hydrogen) atoms. The fraction of sp³-hybridized carbons (Fsp3) is 0.500. The first-order valence-corrected chi connectivity index (χ1v) is 7.75. The summed E-state index contributed by atoms with van der Waals surface area (Å²) in [4.78, 5) is 4.21. The molecule has 96 valence electrons. The van der Waals surface area contributed by atoms with Gasteiger partial charge in [0.1, 0.15) is 0 Å². The van der Waals surface area contributed by atoms with Gasteiger partial charge in [-0.25, -0.2) is 0 Å². The van der Waals surface area contributed by atoms with E-state index in [1.54, 1.807) is 0 Å². The number of nitrogens with one attached hydrogen (secondary N) is 1. The van der Waals surface area contributed by atoms with Crippen LogP contribution in [0.15, 0.2) is 20.2 Å². The minimum atomic E-state index is 0.398. The molecular formula is C12H15N3OS2. The molecule has 0 aromatic carbocycles. The second-order valence-electron chi connectivity index (χ2n) is 4.50. The molecule has 4 nitrogen and oxygen atoms in total. The van der Waals surface area contributed by atoms with Crippen LogP contribution in [-0.2, 0) is 6.54 Å². The molecule has 1 unspecified atom stereocenters. The summed E-state index contributed by atoms with van der Waals surface area (Å²) in [6.07, 6.45) is 1.14. The molecule has 1 aliphatic heterocycles. The molecule has 6 heteroatoms. The molecule has 0 saturated heterocycles. The smallest absolute Gasteiger partial charge is 0.240 e. The number of thiophene rings is 1. The standard InChI is InChI=1S/C12H15N3OS2/c1-7-5-10(9-3-4-17-12(9)18-7)13-6-11-14-8(2)15-16-11/h3-4,7,10,13H,5-6H2,1-2H3/t7-,10?/m0/s1. The SMILES string of the molecule is Cc1noc(CNC2C[C@H](C)Sc3sccc32)n1. The molecule has 3 heterocycles. The first-order valence-electron chi connectivity index (χ1n) is 5.99. The number of thioether (sulfide) groups is 1. The fourth-order valence-electron chi connectivity index (χ4n) is 2.16. The van der Waals surface area contributed by atoms with Crippen molar-refractivity contribution in [3.8, 4) is 0 Å². The van der Waals surface area contributed by atoms with Gasteiger partial charge in [-0.3, -0.25) is 0 Å². The number of hydrogen-bond donors (Lipinski definition) is 1. The zero-order chi connectivity index (χ0) is 12.5. The van der Waals surface area contributed by atoms with Crippen molar-refractivity contribution in [3.05, 3.63) is 28.7 Å². The summed E-state index contributed by atoms with van der Waals surface area (Å²) in [5.41, 5.74) is 1.42. The minimum absolute atomic E-state index is 0.398. The molecule has 1 N–H and O–H groups in total. The van der Waals surface area contributed by atoms with Crippen molar-refractivity contribution in [1.82, 2.24) is 15.5 Å². The Morgan fingerprint density at radius 2 is 2.44 bits per heavy atom. The van der Waals surface area contributed by atoms with Gasteiger partial charge in [0.05, 0.1) is 10.8 Å². The van der Waals surface area contributed by atoms with Gasteiger partial charge in [0.15, 0.2) is 5.82 Å². The lowest BCUT2D eigenvalue weighted by Gasteiger charge is -2.27. The van der Waals surface area contributed by atoms with Crippen molar-refractivity contribution in [2.45, 2.75) is 42.3 Å². The van der Waals surface area contributed by atoms with Crippen LogP contribution in [-0.4, -0.2) is 15.4 Å². The Kier molecular flexibility index (Phi) is 3.41. The van der Waals surface area contributed by atoms with E-state index in [9.17, 15) is 0 Å². The molecule has 0 saturated carbocycles. The van der Waals surface area contributed by atoms with Crippen LogP contribution in [0.4, 0.5) is 0 Å². The Bertz CT molecular complexity index is 537. The van der Waals surface area contributed by atoms with Gasteiger partial charge in [-0.2, -0.15) is 4.98 Å².